The van der Waals surface area contributed by atoms with Crippen LogP contribution in [0.1, 0.15) is 26.3 Å². The average molecular weight is 356 g/mol. The molecule has 2 aromatic carbocycles. The molecule has 2 amide bonds. The van der Waals surface area contributed by atoms with E-state index in [1.165, 1.54) is 0 Å². The van der Waals surface area contributed by atoms with Gasteiger partial charge in [-0.3, -0.25) is 0 Å². The molecule has 138 valence electrons. The lowest BCUT2D eigenvalue weighted by Crippen LogP contribution is -2.33. The highest BCUT2D eigenvalue weighted by molar-refractivity contribution is 5.90. The number of ether oxygens (including phenoxy) is 3. The summed E-state index contributed by atoms with van der Waals surface area (Å²) in [5, 5.41) is 5.71. The van der Waals surface area contributed by atoms with E-state index in [2.05, 4.69) is 31.4 Å². The van der Waals surface area contributed by atoms with Gasteiger partial charge in [0.1, 0.15) is 12.4 Å². The Morgan fingerprint density at radius 2 is 1.88 bits per heavy atom. The van der Waals surface area contributed by atoms with Crippen molar-refractivity contribution >= 4 is 11.7 Å². The molecule has 0 aliphatic carbocycles. The highest BCUT2D eigenvalue weighted by atomic mass is 16.7. The van der Waals surface area contributed by atoms with Crippen molar-refractivity contribution in [3.63, 3.8) is 0 Å². The number of urea groups is 1. The predicted octanol–water partition coefficient (Wildman–Crippen LogP) is 3.91. The molecule has 0 spiro atoms. The van der Waals surface area contributed by atoms with Gasteiger partial charge in [-0.25, -0.2) is 4.79 Å². The highest BCUT2D eigenvalue weighted by Crippen LogP contribution is 2.35. The summed E-state index contributed by atoms with van der Waals surface area (Å²) in [6.45, 7) is 7.32. The van der Waals surface area contributed by atoms with Crippen molar-refractivity contribution in [3.8, 4) is 17.2 Å². The second-order valence-corrected chi connectivity index (χ2v) is 7.04. The molecule has 1 heterocycles. The molecular weight excluding hydrogens is 332 g/mol. The van der Waals surface area contributed by atoms with Gasteiger partial charge in [0, 0.05) is 11.8 Å². The van der Waals surface area contributed by atoms with E-state index in [0.29, 0.717) is 30.4 Å². The van der Waals surface area contributed by atoms with Crippen LogP contribution in [0.4, 0.5) is 10.5 Å². The van der Waals surface area contributed by atoms with Crippen LogP contribution in [0.25, 0.3) is 0 Å². The zero-order chi connectivity index (χ0) is 18.6. The monoisotopic (exact) mass is 356 g/mol. The van der Waals surface area contributed by atoms with E-state index in [-0.39, 0.29) is 18.2 Å². The molecule has 2 aromatic rings. The zero-order valence-corrected chi connectivity index (χ0v) is 15.3. The van der Waals surface area contributed by atoms with Crippen LogP contribution >= 0.6 is 0 Å². The first-order valence-corrected chi connectivity index (χ1v) is 8.60. The van der Waals surface area contributed by atoms with E-state index in [1.54, 1.807) is 12.1 Å². The number of benzene rings is 2. The van der Waals surface area contributed by atoms with E-state index >= 15 is 0 Å². The molecule has 1 aliphatic rings. The number of nitrogens with one attached hydrogen (secondary N) is 2. The molecule has 0 unspecified atom stereocenters. The summed E-state index contributed by atoms with van der Waals surface area (Å²) >= 11 is 0. The standard InChI is InChI=1S/C20H24N2O4/c1-20(2,3)15-6-4-5-7-16(15)22-19(23)21-10-11-24-14-8-9-17-18(12-14)26-13-25-17/h4-9,12H,10-11,13H2,1-3H3,(H2,21,22,23). The van der Waals surface area contributed by atoms with Crippen molar-refractivity contribution in [2.75, 3.05) is 25.3 Å². The van der Waals surface area contributed by atoms with Gasteiger partial charge in [0.2, 0.25) is 6.79 Å². The first kappa shape index (κ1) is 17.9. The fourth-order valence-electron chi connectivity index (χ4n) is 2.71. The first-order valence-electron chi connectivity index (χ1n) is 8.60. The van der Waals surface area contributed by atoms with Crippen LogP contribution in [-0.4, -0.2) is 26.0 Å². The van der Waals surface area contributed by atoms with Crippen molar-refractivity contribution in [1.29, 1.82) is 0 Å². The minimum absolute atomic E-state index is 0.0493. The van der Waals surface area contributed by atoms with Crippen LogP contribution in [0.3, 0.4) is 0 Å². The summed E-state index contributed by atoms with van der Waals surface area (Å²) in [4.78, 5) is 12.1. The fraction of sp³-hybridized carbons (Fsp3) is 0.350. The summed E-state index contributed by atoms with van der Waals surface area (Å²) in [5.74, 6) is 2.06. The lowest BCUT2D eigenvalue weighted by molar-refractivity contribution is 0.173. The van der Waals surface area contributed by atoms with Crippen LogP contribution in [0.5, 0.6) is 17.2 Å². The first-order chi connectivity index (χ1) is 12.4. The maximum atomic E-state index is 12.1. The molecule has 0 radical (unpaired) electrons. The Morgan fingerprint density at radius 1 is 1.12 bits per heavy atom. The Hall–Kier alpha value is -2.89. The van der Waals surface area contributed by atoms with Crippen molar-refractivity contribution in [1.82, 2.24) is 5.32 Å². The Labute approximate surface area is 153 Å². The Morgan fingerprint density at radius 3 is 2.69 bits per heavy atom. The summed E-state index contributed by atoms with van der Waals surface area (Å²) in [6, 6.07) is 13.0. The molecule has 0 bridgehead atoms. The Bertz CT molecular complexity index is 784. The molecule has 2 N–H and O–H groups in total. The van der Waals surface area contributed by atoms with Crippen molar-refractivity contribution in [2.24, 2.45) is 0 Å². The predicted molar refractivity (Wildman–Crippen MR) is 100 cm³/mol. The van der Waals surface area contributed by atoms with Gasteiger partial charge < -0.3 is 24.8 Å². The van der Waals surface area contributed by atoms with E-state index in [0.717, 1.165) is 11.3 Å². The van der Waals surface area contributed by atoms with Gasteiger partial charge in [0.25, 0.3) is 0 Å². The summed E-state index contributed by atoms with van der Waals surface area (Å²) in [7, 11) is 0. The van der Waals surface area contributed by atoms with Crippen LogP contribution in [0, 0.1) is 0 Å². The van der Waals surface area contributed by atoms with Crippen molar-refractivity contribution in [3.05, 3.63) is 48.0 Å². The third kappa shape index (κ3) is 4.39. The summed E-state index contributed by atoms with van der Waals surface area (Å²) < 4.78 is 16.2. The van der Waals surface area contributed by atoms with Crippen molar-refractivity contribution in [2.45, 2.75) is 26.2 Å². The van der Waals surface area contributed by atoms with E-state index in [9.17, 15) is 4.79 Å². The topological polar surface area (TPSA) is 68.8 Å². The van der Waals surface area contributed by atoms with E-state index in [1.807, 2.05) is 30.3 Å². The number of anilines is 1. The van der Waals surface area contributed by atoms with Crippen LogP contribution in [-0.2, 0) is 5.41 Å². The zero-order valence-electron chi connectivity index (χ0n) is 15.3. The molecule has 0 saturated heterocycles. The number of carbonyl (C=O) groups is 1. The highest BCUT2D eigenvalue weighted by Gasteiger charge is 2.18. The second kappa shape index (κ2) is 7.56. The smallest absolute Gasteiger partial charge is 0.319 e. The third-order valence-corrected chi connectivity index (χ3v) is 3.98. The number of hydrogen-bond donors (Lipinski definition) is 2. The minimum atomic E-state index is -0.254. The van der Waals surface area contributed by atoms with E-state index < -0.39 is 0 Å². The summed E-state index contributed by atoms with van der Waals surface area (Å²) in [6.07, 6.45) is 0. The molecular formula is C20H24N2O4. The lowest BCUT2D eigenvalue weighted by Gasteiger charge is -2.23. The average Bonchev–Trinajstić information content (AvgIpc) is 3.06. The maximum Gasteiger partial charge on any atom is 0.319 e. The van der Waals surface area contributed by atoms with Crippen LogP contribution < -0.4 is 24.8 Å². The van der Waals surface area contributed by atoms with Gasteiger partial charge in [-0.15, -0.1) is 0 Å². The molecule has 26 heavy (non-hydrogen) atoms. The molecule has 0 aromatic heterocycles. The lowest BCUT2D eigenvalue weighted by atomic mass is 9.86. The van der Waals surface area contributed by atoms with Crippen LogP contribution in [0.2, 0.25) is 0 Å². The largest absolute Gasteiger partial charge is 0.492 e. The SMILES string of the molecule is CC(C)(C)c1ccccc1NC(=O)NCCOc1ccc2c(c1)OCO2. The fourth-order valence-corrected chi connectivity index (χ4v) is 2.71. The number of amides is 2. The van der Waals surface area contributed by atoms with Gasteiger partial charge in [0.15, 0.2) is 11.5 Å². The van der Waals surface area contributed by atoms with Gasteiger partial charge in [0.05, 0.1) is 6.54 Å². The number of carbonyl (C=O) groups excluding carboxylic acids is 1. The molecule has 3 rings (SSSR count). The number of rotatable bonds is 5. The maximum absolute atomic E-state index is 12.1. The normalized spacial score (nSPS) is 12.6. The number of hydrogen-bond acceptors (Lipinski definition) is 4. The summed E-state index contributed by atoms with van der Waals surface area (Å²) in [5.41, 5.74) is 1.85. The Balaban J connectivity index is 1.46. The third-order valence-electron chi connectivity index (χ3n) is 3.98. The van der Waals surface area contributed by atoms with Gasteiger partial charge >= 0.3 is 6.03 Å². The van der Waals surface area contributed by atoms with Gasteiger partial charge in [-0.05, 0) is 29.2 Å². The van der Waals surface area contributed by atoms with E-state index in [4.69, 9.17) is 14.2 Å². The number of fused-ring (bicyclic) bond motifs is 1. The molecule has 1 aliphatic heterocycles. The number of para-hydroxylation sites is 1. The molecule has 6 nitrogen and oxygen atoms in total. The molecule has 0 fully saturated rings. The molecule has 6 heteroatoms. The van der Waals surface area contributed by atoms with Gasteiger partial charge in [-0.1, -0.05) is 39.0 Å². The minimum Gasteiger partial charge on any atom is -0.492 e. The molecule has 0 saturated carbocycles. The van der Waals surface area contributed by atoms with Crippen molar-refractivity contribution < 1.29 is 19.0 Å². The van der Waals surface area contributed by atoms with Gasteiger partial charge in [-0.2, -0.15) is 0 Å². The quantitative estimate of drug-likeness (QED) is 0.797. The second-order valence-electron chi connectivity index (χ2n) is 7.04. The Kier molecular flexibility index (Phi) is 5.21. The van der Waals surface area contributed by atoms with Crippen LogP contribution in [0.15, 0.2) is 42.5 Å². The molecule has 0 atom stereocenters.